The van der Waals surface area contributed by atoms with Crippen molar-refractivity contribution in [3.8, 4) is 0 Å². The standard InChI is InChI=1S/C16H18N5O/c1-20-12-21(10-6-9-13-7-4-3-5-8-13)14-15(19-22-2)17-11-18-16(14)20/h3-9,11-12H,10H2,1-2H3,(H,17,18,19)/q+1/b9-6+. The Kier molecular flexibility index (Phi) is 4.11. The summed E-state index contributed by atoms with van der Waals surface area (Å²) in [5.41, 5.74) is 5.74. The SMILES string of the molecule is CONc1ncnc2c1n(C/C=C/c1ccccc1)c[n+]2C. The lowest BCUT2D eigenvalue weighted by Gasteiger charge is -2.01. The highest BCUT2D eigenvalue weighted by Gasteiger charge is 2.18. The van der Waals surface area contributed by atoms with Crippen molar-refractivity contribution in [2.45, 2.75) is 6.54 Å². The first-order valence-corrected chi connectivity index (χ1v) is 6.99. The molecule has 0 aliphatic carbocycles. The van der Waals surface area contributed by atoms with Gasteiger partial charge in [0.05, 0.1) is 20.7 Å². The van der Waals surface area contributed by atoms with Crippen LogP contribution >= 0.6 is 0 Å². The topological polar surface area (TPSA) is 55.9 Å². The van der Waals surface area contributed by atoms with Gasteiger partial charge in [0.15, 0.2) is 18.5 Å². The Bertz CT molecular complexity index is 795. The molecule has 0 spiro atoms. The van der Waals surface area contributed by atoms with Gasteiger partial charge in [-0.15, -0.1) is 0 Å². The average Bonchev–Trinajstić information content (AvgIpc) is 2.86. The van der Waals surface area contributed by atoms with Crippen LogP contribution in [0.4, 0.5) is 5.82 Å². The summed E-state index contributed by atoms with van der Waals surface area (Å²) in [7, 11) is 3.53. The summed E-state index contributed by atoms with van der Waals surface area (Å²) in [5.74, 6) is 0.654. The Morgan fingerprint density at radius 1 is 1.27 bits per heavy atom. The van der Waals surface area contributed by atoms with Gasteiger partial charge in [-0.2, -0.15) is 4.98 Å². The summed E-state index contributed by atoms with van der Waals surface area (Å²) in [6.07, 6.45) is 7.72. The third kappa shape index (κ3) is 2.82. The number of anilines is 1. The highest BCUT2D eigenvalue weighted by Crippen LogP contribution is 2.17. The van der Waals surface area contributed by atoms with Crippen molar-refractivity contribution >= 4 is 23.1 Å². The second-order valence-electron chi connectivity index (χ2n) is 4.89. The second kappa shape index (κ2) is 6.36. The van der Waals surface area contributed by atoms with E-state index in [1.54, 1.807) is 7.11 Å². The van der Waals surface area contributed by atoms with Crippen molar-refractivity contribution in [2.24, 2.45) is 7.05 Å². The van der Waals surface area contributed by atoms with Crippen molar-refractivity contribution in [2.75, 3.05) is 12.6 Å². The van der Waals surface area contributed by atoms with Gasteiger partial charge in [-0.3, -0.25) is 9.40 Å². The summed E-state index contributed by atoms with van der Waals surface area (Å²) in [6, 6.07) is 10.2. The number of hydrogen-bond acceptors (Lipinski definition) is 4. The molecule has 0 saturated heterocycles. The van der Waals surface area contributed by atoms with Crippen LogP contribution in [0.5, 0.6) is 0 Å². The molecule has 0 unspecified atom stereocenters. The number of aryl methyl sites for hydroxylation is 1. The number of allylic oxidation sites excluding steroid dienone is 1. The van der Waals surface area contributed by atoms with E-state index in [-0.39, 0.29) is 0 Å². The van der Waals surface area contributed by atoms with Crippen LogP contribution < -0.4 is 10.0 Å². The highest BCUT2D eigenvalue weighted by atomic mass is 16.6. The van der Waals surface area contributed by atoms with Gasteiger partial charge in [0, 0.05) is 0 Å². The largest absolute Gasteiger partial charge is 0.307 e. The molecule has 0 radical (unpaired) electrons. The molecular weight excluding hydrogens is 278 g/mol. The van der Waals surface area contributed by atoms with E-state index in [4.69, 9.17) is 4.84 Å². The van der Waals surface area contributed by atoms with Crippen LogP contribution in [0.25, 0.3) is 17.2 Å². The molecule has 2 aromatic heterocycles. The first-order chi connectivity index (χ1) is 10.8. The summed E-state index contributed by atoms with van der Waals surface area (Å²) >= 11 is 0. The summed E-state index contributed by atoms with van der Waals surface area (Å²) < 4.78 is 4.05. The van der Waals surface area contributed by atoms with E-state index in [9.17, 15) is 0 Å². The number of aromatic nitrogens is 4. The minimum absolute atomic E-state index is 0.654. The number of fused-ring (bicyclic) bond motifs is 1. The molecule has 6 nitrogen and oxygen atoms in total. The lowest BCUT2D eigenvalue weighted by atomic mass is 10.2. The van der Waals surface area contributed by atoms with E-state index in [0.717, 1.165) is 17.7 Å². The smallest absolute Gasteiger partial charge is 0.278 e. The van der Waals surface area contributed by atoms with E-state index in [2.05, 4.69) is 44.3 Å². The normalized spacial score (nSPS) is 11.4. The fourth-order valence-electron chi connectivity index (χ4n) is 2.39. The van der Waals surface area contributed by atoms with Gasteiger partial charge in [-0.1, -0.05) is 41.4 Å². The van der Waals surface area contributed by atoms with Crippen LogP contribution in [0, 0.1) is 0 Å². The van der Waals surface area contributed by atoms with Crippen molar-refractivity contribution in [3.05, 3.63) is 54.6 Å². The van der Waals surface area contributed by atoms with E-state index in [1.165, 1.54) is 11.9 Å². The van der Waals surface area contributed by atoms with Gasteiger partial charge in [0.25, 0.3) is 0 Å². The number of rotatable bonds is 5. The van der Waals surface area contributed by atoms with Crippen LogP contribution in [0.15, 0.2) is 49.1 Å². The molecule has 3 rings (SSSR count). The minimum atomic E-state index is 0.654. The van der Waals surface area contributed by atoms with Crippen LogP contribution in [0.1, 0.15) is 5.56 Å². The third-order valence-corrected chi connectivity index (χ3v) is 3.35. The Hall–Kier alpha value is -2.73. The van der Waals surface area contributed by atoms with Gasteiger partial charge < -0.3 is 0 Å². The molecule has 0 aliphatic rings. The number of imidazole rings is 1. The maximum absolute atomic E-state index is 4.99. The number of nitrogens with one attached hydrogen (secondary N) is 1. The van der Waals surface area contributed by atoms with E-state index < -0.39 is 0 Å². The van der Waals surface area contributed by atoms with E-state index in [0.29, 0.717) is 5.82 Å². The quantitative estimate of drug-likeness (QED) is 0.577. The third-order valence-electron chi connectivity index (χ3n) is 3.35. The highest BCUT2D eigenvalue weighted by molar-refractivity contribution is 5.80. The fraction of sp³-hybridized carbons (Fsp3) is 0.188. The number of benzene rings is 1. The van der Waals surface area contributed by atoms with Gasteiger partial charge in [-0.05, 0) is 11.6 Å². The minimum Gasteiger partial charge on any atom is -0.278 e. The monoisotopic (exact) mass is 296 g/mol. The summed E-state index contributed by atoms with van der Waals surface area (Å²) in [4.78, 5) is 13.5. The molecule has 22 heavy (non-hydrogen) atoms. The van der Waals surface area contributed by atoms with Gasteiger partial charge in [0.2, 0.25) is 5.52 Å². The van der Waals surface area contributed by atoms with E-state index >= 15 is 0 Å². The van der Waals surface area contributed by atoms with Crippen molar-refractivity contribution < 1.29 is 9.40 Å². The lowest BCUT2D eigenvalue weighted by Crippen LogP contribution is -2.26. The Labute approximate surface area is 128 Å². The van der Waals surface area contributed by atoms with Gasteiger partial charge >= 0.3 is 5.65 Å². The Morgan fingerprint density at radius 2 is 2.09 bits per heavy atom. The zero-order valence-corrected chi connectivity index (χ0v) is 12.6. The fourth-order valence-corrected chi connectivity index (χ4v) is 2.39. The van der Waals surface area contributed by atoms with Gasteiger partial charge in [-0.25, -0.2) is 10.0 Å². The molecule has 0 aliphatic heterocycles. The van der Waals surface area contributed by atoms with Crippen LogP contribution in [-0.4, -0.2) is 21.6 Å². The molecule has 0 fully saturated rings. The second-order valence-corrected chi connectivity index (χ2v) is 4.89. The molecule has 0 saturated carbocycles. The molecule has 0 amide bonds. The van der Waals surface area contributed by atoms with Crippen molar-refractivity contribution in [1.82, 2.24) is 14.5 Å². The molecule has 6 heteroatoms. The predicted octanol–water partition coefficient (Wildman–Crippen LogP) is 1.94. The van der Waals surface area contributed by atoms with E-state index in [1.807, 2.05) is 36.1 Å². The molecule has 1 N–H and O–H groups in total. The molecule has 0 atom stereocenters. The first kappa shape index (κ1) is 14.2. The first-order valence-electron chi connectivity index (χ1n) is 6.99. The maximum atomic E-state index is 4.99. The molecule has 2 heterocycles. The molecule has 1 aromatic carbocycles. The molecular formula is C16H18N5O+. The molecule has 112 valence electrons. The van der Waals surface area contributed by atoms with Crippen molar-refractivity contribution in [1.29, 1.82) is 0 Å². The molecule has 0 bridgehead atoms. The zero-order valence-electron chi connectivity index (χ0n) is 12.6. The summed E-state index contributed by atoms with van der Waals surface area (Å²) in [5, 5.41) is 0. The van der Waals surface area contributed by atoms with Crippen LogP contribution in [0.2, 0.25) is 0 Å². The van der Waals surface area contributed by atoms with Crippen LogP contribution in [0.3, 0.4) is 0 Å². The Morgan fingerprint density at radius 3 is 2.86 bits per heavy atom. The van der Waals surface area contributed by atoms with Gasteiger partial charge in [0.1, 0.15) is 0 Å². The summed E-state index contributed by atoms with van der Waals surface area (Å²) in [6.45, 7) is 0.720. The van der Waals surface area contributed by atoms with Crippen LogP contribution in [-0.2, 0) is 18.4 Å². The maximum Gasteiger partial charge on any atom is 0.307 e. The Balaban J connectivity index is 1.92. The van der Waals surface area contributed by atoms with Crippen molar-refractivity contribution in [3.63, 3.8) is 0 Å². The lowest BCUT2D eigenvalue weighted by molar-refractivity contribution is -0.647. The average molecular weight is 296 g/mol. The predicted molar refractivity (Wildman–Crippen MR) is 84.8 cm³/mol. The zero-order chi connectivity index (χ0) is 15.4. The number of nitrogens with zero attached hydrogens (tertiary/aromatic N) is 4. The number of hydrogen-bond donors (Lipinski definition) is 1. The molecule has 3 aromatic rings.